The van der Waals surface area contributed by atoms with Crippen LogP contribution in [-0.4, -0.2) is 86.6 Å². The molecule has 0 aromatic carbocycles. The second-order valence-electron chi connectivity index (χ2n) is 7.46. The monoisotopic (exact) mass is 323 g/mol. The SMILES string of the molecule is CCN1CCN(CC(C)CNC(=NC)N2CCCC(C)C2)CC1. The van der Waals surface area contributed by atoms with Crippen molar-refractivity contribution in [2.75, 3.05) is 66.0 Å². The largest absolute Gasteiger partial charge is 0.356 e. The van der Waals surface area contributed by atoms with E-state index in [0.29, 0.717) is 5.92 Å². The van der Waals surface area contributed by atoms with Crippen LogP contribution in [0.3, 0.4) is 0 Å². The van der Waals surface area contributed by atoms with E-state index in [-0.39, 0.29) is 0 Å². The number of hydrogen-bond acceptors (Lipinski definition) is 3. The number of nitrogens with one attached hydrogen (secondary N) is 1. The van der Waals surface area contributed by atoms with E-state index in [2.05, 4.69) is 45.8 Å². The van der Waals surface area contributed by atoms with E-state index in [1.807, 2.05) is 7.05 Å². The zero-order valence-corrected chi connectivity index (χ0v) is 15.7. The van der Waals surface area contributed by atoms with Crippen molar-refractivity contribution in [1.82, 2.24) is 20.0 Å². The molecule has 1 N–H and O–H groups in total. The third-order valence-electron chi connectivity index (χ3n) is 5.26. The zero-order valence-electron chi connectivity index (χ0n) is 15.7. The molecule has 2 unspecified atom stereocenters. The fourth-order valence-corrected chi connectivity index (χ4v) is 3.77. The van der Waals surface area contributed by atoms with Crippen LogP contribution >= 0.6 is 0 Å². The average Bonchev–Trinajstić information content (AvgIpc) is 2.56. The van der Waals surface area contributed by atoms with Gasteiger partial charge in [0.05, 0.1) is 0 Å². The van der Waals surface area contributed by atoms with Gasteiger partial charge >= 0.3 is 0 Å². The first kappa shape index (κ1) is 18.5. The molecule has 2 fully saturated rings. The van der Waals surface area contributed by atoms with Crippen molar-refractivity contribution in [1.29, 1.82) is 0 Å². The molecule has 5 heteroatoms. The molecule has 134 valence electrons. The first-order valence-electron chi connectivity index (χ1n) is 9.52. The maximum Gasteiger partial charge on any atom is 0.193 e. The van der Waals surface area contributed by atoms with Gasteiger partial charge in [0, 0.05) is 59.4 Å². The molecule has 2 heterocycles. The maximum atomic E-state index is 4.50. The predicted octanol–water partition coefficient (Wildman–Crippen LogP) is 1.57. The van der Waals surface area contributed by atoms with Crippen molar-refractivity contribution in [3.63, 3.8) is 0 Å². The number of guanidine groups is 1. The lowest BCUT2D eigenvalue weighted by Gasteiger charge is -2.36. The van der Waals surface area contributed by atoms with Crippen LogP contribution in [0.5, 0.6) is 0 Å². The van der Waals surface area contributed by atoms with Crippen LogP contribution in [0.2, 0.25) is 0 Å². The predicted molar refractivity (Wildman–Crippen MR) is 99.1 cm³/mol. The van der Waals surface area contributed by atoms with Crippen molar-refractivity contribution in [3.05, 3.63) is 0 Å². The van der Waals surface area contributed by atoms with Crippen molar-refractivity contribution < 1.29 is 0 Å². The van der Waals surface area contributed by atoms with Gasteiger partial charge in [0.15, 0.2) is 5.96 Å². The number of aliphatic imine (C=N–C) groups is 1. The van der Waals surface area contributed by atoms with Crippen molar-refractivity contribution in [2.24, 2.45) is 16.8 Å². The Labute approximate surface area is 143 Å². The van der Waals surface area contributed by atoms with E-state index in [0.717, 1.165) is 31.5 Å². The second kappa shape index (κ2) is 9.48. The molecule has 2 aliphatic rings. The normalized spacial score (nSPS) is 26.3. The lowest BCUT2D eigenvalue weighted by atomic mass is 10.0. The third-order valence-corrected chi connectivity index (χ3v) is 5.26. The molecule has 0 amide bonds. The van der Waals surface area contributed by atoms with E-state index in [4.69, 9.17) is 0 Å². The summed E-state index contributed by atoms with van der Waals surface area (Å²) in [5.74, 6) is 2.54. The van der Waals surface area contributed by atoms with Crippen LogP contribution in [0.4, 0.5) is 0 Å². The van der Waals surface area contributed by atoms with Gasteiger partial charge in [-0.05, 0) is 31.2 Å². The number of likely N-dealkylation sites (N-methyl/N-ethyl adjacent to an activating group) is 1. The molecule has 0 bridgehead atoms. The van der Waals surface area contributed by atoms with E-state index < -0.39 is 0 Å². The van der Waals surface area contributed by atoms with E-state index in [9.17, 15) is 0 Å². The number of rotatable bonds is 5. The van der Waals surface area contributed by atoms with Gasteiger partial charge in [0.2, 0.25) is 0 Å². The van der Waals surface area contributed by atoms with Crippen LogP contribution in [0, 0.1) is 11.8 Å². The molecule has 2 aliphatic heterocycles. The summed E-state index contributed by atoms with van der Waals surface area (Å²) in [5, 5.41) is 3.61. The molecule has 0 saturated carbocycles. The van der Waals surface area contributed by atoms with Crippen LogP contribution < -0.4 is 5.32 Å². The van der Waals surface area contributed by atoms with E-state index in [1.165, 1.54) is 52.1 Å². The quantitative estimate of drug-likeness (QED) is 0.615. The van der Waals surface area contributed by atoms with Gasteiger partial charge in [0.1, 0.15) is 0 Å². The molecule has 0 aromatic heterocycles. The Balaban J connectivity index is 1.69. The molecule has 2 atom stereocenters. The lowest BCUT2D eigenvalue weighted by Crippen LogP contribution is -2.50. The second-order valence-corrected chi connectivity index (χ2v) is 7.46. The summed E-state index contributed by atoms with van der Waals surface area (Å²) in [6, 6.07) is 0. The zero-order chi connectivity index (χ0) is 16.7. The van der Waals surface area contributed by atoms with Gasteiger partial charge in [-0.3, -0.25) is 4.99 Å². The van der Waals surface area contributed by atoms with Gasteiger partial charge in [-0.25, -0.2) is 0 Å². The maximum absolute atomic E-state index is 4.50. The van der Waals surface area contributed by atoms with Crippen molar-refractivity contribution in [3.8, 4) is 0 Å². The topological polar surface area (TPSA) is 34.1 Å². The number of piperazine rings is 1. The number of hydrogen-bond donors (Lipinski definition) is 1. The van der Waals surface area contributed by atoms with Crippen LogP contribution in [0.1, 0.15) is 33.6 Å². The molecule has 2 saturated heterocycles. The number of likely N-dealkylation sites (tertiary alicyclic amines) is 1. The molecule has 5 nitrogen and oxygen atoms in total. The summed E-state index contributed by atoms with van der Waals surface area (Å²) in [7, 11) is 1.91. The van der Waals surface area contributed by atoms with Crippen LogP contribution in [-0.2, 0) is 0 Å². The van der Waals surface area contributed by atoms with Gasteiger partial charge in [-0.2, -0.15) is 0 Å². The smallest absolute Gasteiger partial charge is 0.193 e. The standard InChI is InChI=1S/C18H37N5/c1-5-21-9-11-22(12-10-21)14-17(3)13-20-18(19-4)23-8-6-7-16(2)15-23/h16-17H,5-15H2,1-4H3,(H,19,20). The highest BCUT2D eigenvalue weighted by atomic mass is 15.3. The highest BCUT2D eigenvalue weighted by Crippen LogP contribution is 2.15. The molecule has 2 rings (SSSR count). The van der Waals surface area contributed by atoms with Gasteiger partial charge in [-0.15, -0.1) is 0 Å². The van der Waals surface area contributed by atoms with E-state index in [1.54, 1.807) is 0 Å². The Morgan fingerprint density at radius 3 is 2.48 bits per heavy atom. The Morgan fingerprint density at radius 2 is 1.87 bits per heavy atom. The van der Waals surface area contributed by atoms with Crippen LogP contribution in [0.15, 0.2) is 4.99 Å². The minimum atomic E-state index is 0.655. The minimum absolute atomic E-state index is 0.655. The summed E-state index contributed by atoms with van der Waals surface area (Å²) in [5.41, 5.74) is 0. The molecule has 0 radical (unpaired) electrons. The summed E-state index contributed by atoms with van der Waals surface area (Å²) < 4.78 is 0. The van der Waals surface area contributed by atoms with Gasteiger partial charge in [-0.1, -0.05) is 20.8 Å². The molecular weight excluding hydrogens is 286 g/mol. The molecule has 0 spiro atoms. The highest BCUT2D eigenvalue weighted by Gasteiger charge is 2.20. The average molecular weight is 324 g/mol. The summed E-state index contributed by atoms with van der Waals surface area (Å²) in [4.78, 5) is 12.1. The molecular formula is C18H37N5. The first-order valence-corrected chi connectivity index (χ1v) is 9.52. The highest BCUT2D eigenvalue weighted by molar-refractivity contribution is 5.79. The summed E-state index contributed by atoms with van der Waals surface area (Å²) in [6.45, 7) is 17.5. The molecule has 23 heavy (non-hydrogen) atoms. The molecule has 0 aliphatic carbocycles. The van der Waals surface area contributed by atoms with Gasteiger partial charge in [0.25, 0.3) is 0 Å². The van der Waals surface area contributed by atoms with Crippen molar-refractivity contribution >= 4 is 5.96 Å². The summed E-state index contributed by atoms with van der Waals surface area (Å²) >= 11 is 0. The first-order chi connectivity index (χ1) is 11.1. The van der Waals surface area contributed by atoms with E-state index >= 15 is 0 Å². The fourth-order valence-electron chi connectivity index (χ4n) is 3.77. The van der Waals surface area contributed by atoms with Crippen molar-refractivity contribution in [2.45, 2.75) is 33.6 Å². The fraction of sp³-hybridized carbons (Fsp3) is 0.944. The number of nitrogens with zero attached hydrogens (tertiary/aromatic N) is 4. The Morgan fingerprint density at radius 1 is 1.17 bits per heavy atom. The molecule has 0 aromatic rings. The third kappa shape index (κ3) is 5.96. The Hall–Kier alpha value is -0.810. The van der Waals surface area contributed by atoms with Gasteiger partial charge < -0.3 is 20.0 Å². The van der Waals surface area contributed by atoms with Crippen LogP contribution in [0.25, 0.3) is 0 Å². The Kier molecular flexibility index (Phi) is 7.63. The number of piperidine rings is 1. The Bertz CT molecular complexity index is 362. The lowest BCUT2D eigenvalue weighted by molar-refractivity contribution is 0.124. The summed E-state index contributed by atoms with van der Waals surface area (Å²) in [6.07, 6.45) is 2.65. The minimum Gasteiger partial charge on any atom is -0.356 e.